The number of hydrogen-bond donors (Lipinski definition) is 0. The van der Waals surface area contributed by atoms with Crippen LogP contribution < -0.4 is 0 Å². The van der Waals surface area contributed by atoms with Gasteiger partial charge in [0.15, 0.2) is 0 Å². The second-order valence-corrected chi connectivity index (χ2v) is 2.36. The van der Waals surface area contributed by atoms with E-state index in [1.54, 1.807) is 6.92 Å². The van der Waals surface area contributed by atoms with E-state index in [2.05, 4.69) is 13.0 Å². The predicted molar refractivity (Wildman–Crippen MR) is 43.9 cm³/mol. The van der Waals surface area contributed by atoms with Gasteiger partial charge in [0.05, 0.1) is 0 Å². The zero-order valence-electron chi connectivity index (χ0n) is 6.85. The molecule has 0 amide bonds. The van der Waals surface area contributed by atoms with Gasteiger partial charge in [-0.3, -0.25) is 4.79 Å². The monoisotopic (exact) mass is 138 g/mol. The van der Waals surface area contributed by atoms with Crippen LogP contribution in [0, 0.1) is 0 Å². The Kier molecular flexibility index (Phi) is 4.55. The van der Waals surface area contributed by atoms with Gasteiger partial charge in [-0.1, -0.05) is 24.6 Å². The highest BCUT2D eigenvalue weighted by Crippen LogP contribution is 2.00. The lowest BCUT2D eigenvalue weighted by molar-refractivity contribution is -0.104. The van der Waals surface area contributed by atoms with Gasteiger partial charge >= 0.3 is 0 Å². The molecule has 0 heterocycles. The fourth-order valence-electron chi connectivity index (χ4n) is 0.774. The predicted octanol–water partition coefficient (Wildman–Crippen LogP) is 2.49. The highest BCUT2D eigenvalue weighted by Gasteiger charge is 1.84. The molecule has 10 heavy (non-hydrogen) atoms. The fraction of sp³-hybridized carbons (Fsp3) is 0.444. The Bertz CT molecular complexity index is 164. The minimum atomic E-state index is 0.780. The van der Waals surface area contributed by atoms with E-state index < -0.39 is 0 Å². The Hall–Kier alpha value is -0.850. The van der Waals surface area contributed by atoms with E-state index in [-0.39, 0.29) is 0 Å². The lowest BCUT2D eigenvalue weighted by Gasteiger charge is -1.90. The summed E-state index contributed by atoms with van der Waals surface area (Å²) in [5, 5.41) is 0. The standard InChI is InChI=1S/C9H14O/c1-4-5-8(2)6-9(3)7-10/h5-7H,4H2,1-3H3. The van der Waals surface area contributed by atoms with Gasteiger partial charge < -0.3 is 0 Å². The summed E-state index contributed by atoms with van der Waals surface area (Å²) in [7, 11) is 0. The Morgan fingerprint density at radius 1 is 1.30 bits per heavy atom. The van der Waals surface area contributed by atoms with Crippen molar-refractivity contribution in [1.82, 2.24) is 0 Å². The Labute approximate surface area is 62.4 Å². The Morgan fingerprint density at radius 3 is 2.30 bits per heavy atom. The molecule has 0 aliphatic carbocycles. The first-order valence-electron chi connectivity index (χ1n) is 3.51. The van der Waals surface area contributed by atoms with E-state index in [1.807, 2.05) is 13.0 Å². The second kappa shape index (κ2) is 4.98. The third-order valence-corrected chi connectivity index (χ3v) is 1.17. The lowest BCUT2D eigenvalue weighted by Crippen LogP contribution is -1.77. The van der Waals surface area contributed by atoms with Gasteiger partial charge in [-0.15, -0.1) is 0 Å². The van der Waals surface area contributed by atoms with Gasteiger partial charge in [0.2, 0.25) is 0 Å². The van der Waals surface area contributed by atoms with Crippen LogP contribution in [0.2, 0.25) is 0 Å². The quantitative estimate of drug-likeness (QED) is 0.332. The molecule has 0 aliphatic heterocycles. The molecule has 0 unspecified atom stereocenters. The van der Waals surface area contributed by atoms with Crippen molar-refractivity contribution >= 4 is 6.29 Å². The molecule has 0 aromatic rings. The summed E-state index contributed by atoms with van der Waals surface area (Å²) < 4.78 is 0. The molecule has 0 saturated heterocycles. The number of rotatable bonds is 3. The number of carbonyl (C=O) groups is 1. The molecule has 0 spiro atoms. The van der Waals surface area contributed by atoms with Crippen LogP contribution >= 0.6 is 0 Å². The molecule has 1 heteroatoms. The van der Waals surface area contributed by atoms with Crippen molar-refractivity contribution in [2.24, 2.45) is 0 Å². The first-order valence-corrected chi connectivity index (χ1v) is 3.51. The van der Waals surface area contributed by atoms with Crippen LogP contribution in [0.25, 0.3) is 0 Å². The highest BCUT2D eigenvalue weighted by molar-refractivity contribution is 5.73. The summed E-state index contributed by atoms with van der Waals surface area (Å²) in [6.45, 7) is 5.88. The molecule has 0 bridgehead atoms. The van der Waals surface area contributed by atoms with Crippen LogP contribution in [0.5, 0.6) is 0 Å². The average Bonchev–Trinajstić information content (AvgIpc) is 1.88. The lowest BCUT2D eigenvalue weighted by atomic mass is 10.2. The van der Waals surface area contributed by atoms with E-state index in [9.17, 15) is 4.79 Å². The molecular weight excluding hydrogens is 124 g/mol. The molecule has 0 aromatic heterocycles. The van der Waals surface area contributed by atoms with Gasteiger partial charge in [0.25, 0.3) is 0 Å². The van der Waals surface area contributed by atoms with E-state index in [0.717, 1.165) is 23.9 Å². The summed E-state index contributed by atoms with van der Waals surface area (Å²) in [5.74, 6) is 0. The zero-order chi connectivity index (χ0) is 7.98. The average molecular weight is 138 g/mol. The Balaban J connectivity index is 4.11. The molecule has 0 N–H and O–H groups in total. The summed E-state index contributed by atoms with van der Waals surface area (Å²) in [5.41, 5.74) is 1.94. The second-order valence-electron chi connectivity index (χ2n) is 2.36. The zero-order valence-corrected chi connectivity index (χ0v) is 6.85. The Morgan fingerprint density at radius 2 is 1.90 bits per heavy atom. The van der Waals surface area contributed by atoms with Crippen LogP contribution in [0.1, 0.15) is 27.2 Å². The SMILES string of the molecule is CCC=C(C)C=C(C)C=O. The van der Waals surface area contributed by atoms with Crippen molar-refractivity contribution in [2.75, 3.05) is 0 Å². The van der Waals surface area contributed by atoms with Gasteiger partial charge in [-0.2, -0.15) is 0 Å². The fourth-order valence-corrected chi connectivity index (χ4v) is 0.774. The van der Waals surface area contributed by atoms with Crippen molar-refractivity contribution in [3.8, 4) is 0 Å². The van der Waals surface area contributed by atoms with Crippen molar-refractivity contribution < 1.29 is 4.79 Å². The van der Waals surface area contributed by atoms with Crippen LogP contribution in [-0.2, 0) is 4.79 Å². The minimum Gasteiger partial charge on any atom is -0.298 e. The number of aldehydes is 1. The maximum Gasteiger partial charge on any atom is 0.145 e. The molecule has 0 saturated carbocycles. The molecular formula is C9H14O. The molecule has 0 aromatic carbocycles. The van der Waals surface area contributed by atoms with Crippen molar-refractivity contribution in [2.45, 2.75) is 27.2 Å². The van der Waals surface area contributed by atoms with Gasteiger partial charge in [0, 0.05) is 0 Å². The van der Waals surface area contributed by atoms with Gasteiger partial charge in [-0.25, -0.2) is 0 Å². The topological polar surface area (TPSA) is 17.1 Å². The molecule has 0 fully saturated rings. The molecule has 0 radical (unpaired) electrons. The van der Waals surface area contributed by atoms with Crippen LogP contribution in [0.15, 0.2) is 23.3 Å². The summed E-state index contributed by atoms with van der Waals surface area (Å²) in [4.78, 5) is 10.1. The number of carbonyl (C=O) groups excluding carboxylic acids is 1. The minimum absolute atomic E-state index is 0.780. The molecule has 0 rings (SSSR count). The molecule has 56 valence electrons. The highest BCUT2D eigenvalue weighted by atomic mass is 16.1. The van der Waals surface area contributed by atoms with Gasteiger partial charge in [-0.05, 0) is 25.8 Å². The smallest absolute Gasteiger partial charge is 0.145 e. The number of hydrogen-bond acceptors (Lipinski definition) is 1. The largest absolute Gasteiger partial charge is 0.298 e. The number of allylic oxidation sites excluding steroid dienone is 4. The van der Waals surface area contributed by atoms with Crippen LogP contribution in [0.4, 0.5) is 0 Å². The van der Waals surface area contributed by atoms with E-state index >= 15 is 0 Å². The summed E-state index contributed by atoms with van der Waals surface area (Å²) >= 11 is 0. The van der Waals surface area contributed by atoms with Crippen molar-refractivity contribution in [3.05, 3.63) is 23.3 Å². The summed E-state index contributed by atoms with van der Waals surface area (Å²) in [6, 6.07) is 0. The normalized spacial score (nSPS) is 13.5. The summed E-state index contributed by atoms with van der Waals surface area (Å²) in [6.07, 6.45) is 5.87. The molecule has 0 atom stereocenters. The van der Waals surface area contributed by atoms with Crippen molar-refractivity contribution in [1.29, 1.82) is 0 Å². The first-order chi connectivity index (χ1) is 4.70. The van der Waals surface area contributed by atoms with Crippen molar-refractivity contribution in [3.63, 3.8) is 0 Å². The third kappa shape index (κ3) is 4.07. The molecule has 0 aliphatic rings. The maximum absolute atomic E-state index is 10.1. The maximum atomic E-state index is 10.1. The van der Waals surface area contributed by atoms with Crippen LogP contribution in [-0.4, -0.2) is 6.29 Å². The third-order valence-electron chi connectivity index (χ3n) is 1.17. The first kappa shape index (κ1) is 9.15. The van der Waals surface area contributed by atoms with Crippen LogP contribution in [0.3, 0.4) is 0 Å². The van der Waals surface area contributed by atoms with E-state index in [4.69, 9.17) is 0 Å². The molecule has 1 nitrogen and oxygen atoms in total. The van der Waals surface area contributed by atoms with Gasteiger partial charge in [0.1, 0.15) is 6.29 Å². The van der Waals surface area contributed by atoms with E-state index in [0.29, 0.717) is 0 Å². The van der Waals surface area contributed by atoms with E-state index in [1.165, 1.54) is 0 Å².